The van der Waals surface area contributed by atoms with Gasteiger partial charge in [0, 0.05) is 27.9 Å². The Morgan fingerprint density at radius 2 is 1.80 bits per heavy atom. The van der Waals surface area contributed by atoms with E-state index in [0.29, 0.717) is 0 Å². The molecule has 1 saturated heterocycles. The number of hydrogen-bond donors (Lipinski definition) is 1. The number of amides is 1. The average molecular weight is 289 g/mol. The summed E-state index contributed by atoms with van der Waals surface area (Å²) in [5.74, 6) is -1.32. The zero-order valence-electron chi connectivity index (χ0n) is 11.9. The molecule has 8 nitrogen and oxygen atoms in total. The Bertz CT molecular complexity index is 384. The van der Waals surface area contributed by atoms with E-state index in [2.05, 4.69) is 5.32 Å². The molecule has 1 heterocycles. The van der Waals surface area contributed by atoms with Gasteiger partial charge in [0.1, 0.15) is 18.8 Å². The number of hydrogen-bond acceptors (Lipinski definition) is 7. The molecule has 1 aliphatic heterocycles. The van der Waals surface area contributed by atoms with E-state index in [0.717, 1.165) is 0 Å². The first-order chi connectivity index (χ1) is 9.35. The maximum Gasteiger partial charge on any atom is 0.303 e. The molecule has 0 saturated carbocycles. The van der Waals surface area contributed by atoms with E-state index in [9.17, 15) is 14.4 Å². The Morgan fingerprint density at radius 1 is 1.15 bits per heavy atom. The first-order valence-electron chi connectivity index (χ1n) is 6.11. The van der Waals surface area contributed by atoms with Crippen molar-refractivity contribution in [1.82, 2.24) is 5.32 Å². The first kappa shape index (κ1) is 16.4. The van der Waals surface area contributed by atoms with E-state index in [1.807, 2.05) is 0 Å². The standard InChI is InChI=1S/C12H19NO7/c1-6(14)13-10-9(5-18-7(2)15)20-12(17-4)11(10)19-8(3)16/h9-12H,5H2,1-4H3,(H,13,14)/t9-,10+,11?,12-/m1/s1. The Labute approximate surface area is 116 Å². The SMILES string of the molecule is CO[C@@H]1O[C@H](COC(C)=O)[C@H](NC(C)=O)C1OC(C)=O. The molecule has 1 amide bonds. The largest absolute Gasteiger partial charge is 0.463 e. The van der Waals surface area contributed by atoms with Gasteiger partial charge in [-0.15, -0.1) is 0 Å². The molecule has 0 aliphatic carbocycles. The molecule has 0 aromatic rings. The van der Waals surface area contributed by atoms with Crippen LogP contribution in [0.2, 0.25) is 0 Å². The van der Waals surface area contributed by atoms with Crippen LogP contribution in [0.3, 0.4) is 0 Å². The van der Waals surface area contributed by atoms with Crippen LogP contribution >= 0.6 is 0 Å². The van der Waals surface area contributed by atoms with Gasteiger partial charge in [0.2, 0.25) is 5.91 Å². The van der Waals surface area contributed by atoms with Crippen molar-refractivity contribution in [3.8, 4) is 0 Å². The summed E-state index contributed by atoms with van der Waals surface area (Å²) in [7, 11) is 1.39. The fraction of sp³-hybridized carbons (Fsp3) is 0.750. The lowest BCUT2D eigenvalue weighted by Crippen LogP contribution is -2.50. The van der Waals surface area contributed by atoms with E-state index < -0.39 is 36.5 Å². The van der Waals surface area contributed by atoms with Crippen molar-refractivity contribution in [2.75, 3.05) is 13.7 Å². The lowest BCUT2D eigenvalue weighted by Gasteiger charge is -2.23. The summed E-state index contributed by atoms with van der Waals surface area (Å²) in [6, 6.07) is -0.652. The van der Waals surface area contributed by atoms with Gasteiger partial charge in [-0.05, 0) is 0 Å². The molecule has 1 unspecified atom stereocenters. The summed E-state index contributed by atoms with van der Waals surface area (Å²) >= 11 is 0. The van der Waals surface area contributed by atoms with Gasteiger partial charge in [-0.1, -0.05) is 0 Å². The average Bonchev–Trinajstić information content (AvgIpc) is 2.63. The van der Waals surface area contributed by atoms with E-state index in [1.54, 1.807) is 0 Å². The summed E-state index contributed by atoms with van der Waals surface area (Å²) < 4.78 is 20.6. The van der Waals surface area contributed by atoms with Crippen LogP contribution in [0.25, 0.3) is 0 Å². The van der Waals surface area contributed by atoms with Crippen molar-refractivity contribution in [3.05, 3.63) is 0 Å². The quantitative estimate of drug-likeness (QED) is 0.672. The van der Waals surface area contributed by atoms with Crippen LogP contribution in [0.15, 0.2) is 0 Å². The Kier molecular flexibility index (Phi) is 5.90. The van der Waals surface area contributed by atoms with Gasteiger partial charge in [-0.2, -0.15) is 0 Å². The molecule has 0 aromatic heterocycles. The third-order valence-corrected chi connectivity index (χ3v) is 2.69. The van der Waals surface area contributed by atoms with Crippen LogP contribution in [-0.4, -0.2) is 56.1 Å². The van der Waals surface area contributed by atoms with Crippen molar-refractivity contribution in [3.63, 3.8) is 0 Å². The van der Waals surface area contributed by atoms with E-state index in [1.165, 1.54) is 27.9 Å². The summed E-state index contributed by atoms with van der Waals surface area (Å²) in [6.45, 7) is 3.77. The number of methoxy groups -OCH3 is 1. The molecule has 4 atom stereocenters. The van der Waals surface area contributed by atoms with E-state index >= 15 is 0 Å². The van der Waals surface area contributed by atoms with Gasteiger partial charge in [-0.25, -0.2) is 0 Å². The summed E-state index contributed by atoms with van der Waals surface area (Å²) in [5, 5.41) is 2.62. The highest BCUT2D eigenvalue weighted by Gasteiger charge is 2.48. The zero-order chi connectivity index (χ0) is 15.3. The van der Waals surface area contributed by atoms with Crippen molar-refractivity contribution in [2.45, 2.75) is 45.3 Å². The van der Waals surface area contributed by atoms with Gasteiger partial charge >= 0.3 is 11.9 Å². The van der Waals surface area contributed by atoms with Crippen LogP contribution in [-0.2, 0) is 33.3 Å². The molecule has 8 heteroatoms. The molecule has 1 rings (SSSR count). The van der Waals surface area contributed by atoms with Crippen LogP contribution in [0, 0.1) is 0 Å². The molecule has 0 radical (unpaired) electrons. The lowest BCUT2D eigenvalue weighted by atomic mass is 10.1. The number of esters is 2. The number of rotatable bonds is 5. The van der Waals surface area contributed by atoms with Crippen molar-refractivity contribution in [1.29, 1.82) is 0 Å². The van der Waals surface area contributed by atoms with Crippen molar-refractivity contribution < 1.29 is 33.3 Å². The highest BCUT2D eigenvalue weighted by atomic mass is 16.7. The second kappa shape index (κ2) is 7.20. The maximum absolute atomic E-state index is 11.3. The van der Waals surface area contributed by atoms with Gasteiger partial charge in [-0.3, -0.25) is 14.4 Å². The molecule has 1 aliphatic rings. The zero-order valence-corrected chi connectivity index (χ0v) is 11.9. The second-order valence-electron chi connectivity index (χ2n) is 4.38. The number of carbonyl (C=O) groups is 3. The Balaban J connectivity index is 2.84. The molecule has 0 spiro atoms. The highest BCUT2D eigenvalue weighted by molar-refractivity contribution is 5.73. The Hall–Kier alpha value is -1.67. The summed E-state index contributed by atoms with van der Waals surface area (Å²) in [6.07, 6.45) is -2.30. The van der Waals surface area contributed by atoms with Gasteiger partial charge < -0.3 is 24.3 Å². The van der Waals surface area contributed by atoms with Crippen LogP contribution < -0.4 is 5.32 Å². The van der Waals surface area contributed by atoms with E-state index in [-0.39, 0.29) is 12.5 Å². The molecular formula is C12H19NO7. The predicted octanol–water partition coefficient (Wildman–Crippen LogP) is -0.643. The summed E-state index contributed by atoms with van der Waals surface area (Å²) in [5.41, 5.74) is 0. The highest BCUT2D eigenvalue weighted by Crippen LogP contribution is 2.25. The molecule has 1 fully saturated rings. The lowest BCUT2D eigenvalue weighted by molar-refractivity contribution is -0.179. The molecular weight excluding hydrogens is 270 g/mol. The van der Waals surface area contributed by atoms with Gasteiger partial charge in [0.05, 0.1) is 0 Å². The topological polar surface area (TPSA) is 100 Å². The number of carbonyl (C=O) groups excluding carboxylic acids is 3. The smallest absolute Gasteiger partial charge is 0.303 e. The summed E-state index contributed by atoms with van der Waals surface area (Å²) in [4.78, 5) is 33.2. The van der Waals surface area contributed by atoms with Crippen molar-refractivity contribution >= 4 is 17.8 Å². The van der Waals surface area contributed by atoms with E-state index in [4.69, 9.17) is 18.9 Å². The van der Waals surface area contributed by atoms with Crippen molar-refractivity contribution in [2.24, 2.45) is 0 Å². The fourth-order valence-corrected chi connectivity index (χ4v) is 1.98. The van der Waals surface area contributed by atoms with Crippen LogP contribution in [0.5, 0.6) is 0 Å². The minimum atomic E-state index is -0.837. The second-order valence-corrected chi connectivity index (χ2v) is 4.38. The van der Waals surface area contributed by atoms with Crippen LogP contribution in [0.4, 0.5) is 0 Å². The predicted molar refractivity (Wildman–Crippen MR) is 65.5 cm³/mol. The third kappa shape index (κ3) is 4.46. The number of nitrogens with one attached hydrogen (secondary N) is 1. The normalized spacial score (nSPS) is 28.8. The number of ether oxygens (including phenoxy) is 4. The monoisotopic (exact) mass is 289 g/mol. The fourth-order valence-electron chi connectivity index (χ4n) is 1.98. The van der Waals surface area contributed by atoms with Gasteiger partial charge in [0.25, 0.3) is 0 Å². The third-order valence-electron chi connectivity index (χ3n) is 2.69. The Morgan fingerprint density at radius 3 is 2.25 bits per heavy atom. The molecule has 1 N–H and O–H groups in total. The molecule has 20 heavy (non-hydrogen) atoms. The van der Waals surface area contributed by atoms with Gasteiger partial charge in [0.15, 0.2) is 12.4 Å². The minimum absolute atomic E-state index is 0.0715. The van der Waals surface area contributed by atoms with Crippen LogP contribution in [0.1, 0.15) is 20.8 Å². The molecule has 0 bridgehead atoms. The first-order valence-corrected chi connectivity index (χ1v) is 6.11. The molecule has 114 valence electrons. The minimum Gasteiger partial charge on any atom is -0.463 e. The molecule has 0 aromatic carbocycles. The maximum atomic E-state index is 11.3.